The van der Waals surface area contributed by atoms with Gasteiger partial charge in [-0.25, -0.2) is 0 Å². The quantitative estimate of drug-likeness (QED) is 0.787. The van der Waals surface area contributed by atoms with Crippen LogP contribution in [-0.2, 0) is 11.4 Å². The molecule has 0 atom stereocenters. The molecule has 1 aromatic carbocycles. The highest BCUT2D eigenvalue weighted by Gasteiger charge is 2.12. The lowest BCUT2D eigenvalue weighted by molar-refractivity contribution is 0.0861. The van der Waals surface area contributed by atoms with Gasteiger partial charge in [0.1, 0.15) is 16.5 Å². The van der Waals surface area contributed by atoms with E-state index in [1.54, 1.807) is 27.4 Å². The fourth-order valence-electron chi connectivity index (χ4n) is 1.25. The van der Waals surface area contributed by atoms with Crippen molar-refractivity contribution in [3.05, 3.63) is 22.7 Å². The Morgan fingerprint density at radius 3 is 2.47 bits per heavy atom. The molecule has 1 N–H and O–H groups in total. The van der Waals surface area contributed by atoms with Gasteiger partial charge in [-0.15, -0.1) is 0 Å². The molecule has 84 valence electrons. The van der Waals surface area contributed by atoms with E-state index < -0.39 is 0 Å². The van der Waals surface area contributed by atoms with Crippen molar-refractivity contribution in [3.8, 4) is 11.5 Å². The maximum Gasteiger partial charge on any atom is 0.145 e. The monoisotopic (exact) mass is 231 g/mol. The Morgan fingerprint density at radius 1 is 1.20 bits per heavy atom. The molecule has 4 nitrogen and oxygen atoms in total. The first-order valence-electron chi connectivity index (χ1n) is 4.39. The molecule has 0 spiro atoms. The third kappa shape index (κ3) is 2.75. The molecule has 1 aromatic rings. The fourth-order valence-corrected chi connectivity index (χ4v) is 1.58. The SMILES string of the molecule is CONCc1ccc(OC)c(Cl)c1OC. The number of hydrogen-bond donors (Lipinski definition) is 1. The minimum atomic E-state index is 0.468. The van der Waals surface area contributed by atoms with Crippen LogP contribution in [0.5, 0.6) is 11.5 Å². The predicted octanol–water partition coefficient (Wildman–Crippen LogP) is 2.01. The van der Waals surface area contributed by atoms with Gasteiger partial charge in [-0.05, 0) is 6.07 Å². The van der Waals surface area contributed by atoms with Crippen molar-refractivity contribution >= 4 is 11.6 Å². The smallest absolute Gasteiger partial charge is 0.145 e. The van der Waals surface area contributed by atoms with Gasteiger partial charge in [-0.3, -0.25) is 0 Å². The summed E-state index contributed by atoms with van der Waals surface area (Å²) in [5.74, 6) is 1.19. The lowest BCUT2D eigenvalue weighted by Crippen LogP contribution is -2.11. The highest BCUT2D eigenvalue weighted by atomic mass is 35.5. The van der Waals surface area contributed by atoms with Crippen molar-refractivity contribution in [1.29, 1.82) is 0 Å². The number of rotatable bonds is 5. The van der Waals surface area contributed by atoms with Gasteiger partial charge >= 0.3 is 0 Å². The van der Waals surface area contributed by atoms with Crippen LogP contribution in [0, 0.1) is 0 Å². The van der Waals surface area contributed by atoms with E-state index in [-0.39, 0.29) is 0 Å². The second-order valence-corrected chi connectivity index (χ2v) is 3.18. The molecule has 5 heteroatoms. The molecule has 0 aliphatic heterocycles. The van der Waals surface area contributed by atoms with Crippen LogP contribution >= 0.6 is 11.6 Å². The Morgan fingerprint density at radius 2 is 1.93 bits per heavy atom. The van der Waals surface area contributed by atoms with E-state index >= 15 is 0 Å². The summed E-state index contributed by atoms with van der Waals surface area (Å²) < 4.78 is 10.3. The van der Waals surface area contributed by atoms with Crippen LogP contribution in [-0.4, -0.2) is 21.3 Å². The van der Waals surface area contributed by atoms with E-state index in [9.17, 15) is 0 Å². The molecule has 0 aliphatic carbocycles. The van der Waals surface area contributed by atoms with E-state index in [1.807, 2.05) is 6.07 Å². The van der Waals surface area contributed by atoms with Crippen LogP contribution in [0.1, 0.15) is 5.56 Å². The zero-order valence-corrected chi connectivity index (χ0v) is 9.72. The Balaban J connectivity index is 3.01. The molecule has 1 rings (SSSR count). The molecule has 0 aromatic heterocycles. The highest BCUT2D eigenvalue weighted by molar-refractivity contribution is 6.33. The number of methoxy groups -OCH3 is 2. The summed E-state index contributed by atoms with van der Waals surface area (Å²) in [7, 11) is 4.68. The first kappa shape index (κ1) is 12.1. The molecule has 0 bridgehead atoms. The number of benzene rings is 1. The van der Waals surface area contributed by atoms with Crippen LogP contribution in [0.4, 0.5) is 0 Å². The normalized spacial score (nSPS) is 10.1. The minimum absolute atomic E-state index is 0.468. The van der Waals surface area contributed by atoms with Crippen LogP contribution < -0.4 is 15.0 Å². The fraction of sp³-hybridized carbons (Fsp3) is 0.400. The molecule has 0 saturated carbocycles. The molecule has 0 aliphatic rings. The maximum atomic E-state index is 6.07. The molecular weight excluding hydrogens is 218 g/mol. The largest absolute Gasteiger partial charge is 0.495 e. The van der Waals surface area contributed by atoms with E-state index in [0.717, 1.165) is 5.56 Å². The summed E-state index contributed by atoms with van der Waals surface area (Å²) in [4.78, 5) is 4.76. The van der Waals surface area contributed by atoms with Crippen molar-refractivity contribution in [2.24, 2.45) is 0 Å². The van der Waals surface area contributed by atoms with Gasteiger partial charge in [0.2, 0.25) is 0 Å². The highest BCUT2D eigenvalue weighted by Crippen LogP contribution is 2.36. The van der Waals surface area contributed by atoms with Gasteiger partial charge in [0.15, 0.2) is 0 Å². The molecule has 15 heavy (non-hydrogen) atoms. The van der Waals surface area contributed by atoms with Gasteiger partial charge in [-0.1, -0.05) is 17.7 Å². The standard InChI is InChI=1S/C10H14ClNO3/c1-13-8-5-4-7(6-12-15-3)10(14-2)9(8)11/h4-5,12H,6H2,1-3H3. The summed E-state index contributed by atoms with van der Waals surface area (Å²) in [6.45, 7) is 0.517. The number of hydroxylamine groups is 1. The average molecular weight is 232 g/mol. The van der Waals surface area contributed by atoms with Gasteiger partial charge in [-0.2, -0.15) is 5.48 Å². The molecule has 0 heterocycles. The molecule has 0 radical (unpaired) electrons. The number of halogens is 1. The molecule has 0 amide bonds. The number of nitrogens with one attached hydrogen (secondary N) is 1. The van der Waals surface area contributed by atoms with Crippen LogP contribution in [0.3, 0.4) is 0 Å². The van der Waals surface area contributed by atoms with Crippen LogP contribution in [0.25, 0.3) is 0 Å². The zero-order chi connectivity index (χ0) is 11.3. The molecular formula is C10H14ClNO3. The topological polar surface area (TPSA) is 39.7 Å². The summed E-state index contributed by atoms with van der Waals surface area (Å²) >= 11 is 6.07. The van der Waals surface area contributed by atoms with Crippen molar-refractivity contribution in [2.75, 3.05) is 21.3 Å². The maximum absolute atomic E-state index is 6.07. The first-order valence-corrected chi connectivity index (χ1v) is 4.77. The lowest BCUT2D eigenvalue weighted by Gasteiger charge is -2.12. The van der Waals surface area contributed by atoms with Crippen molar-refractivity contribution in [3.63, 3.8) is 0 Å². The molecule has 0 saturated heterocycles. The van der Waals surface area contributed by atoms with Crippen LogP contribution in [0.2, 0.25) is 5.02 Å². The Labute approximate surface area is 94.0 Å². The van der Waals surface area contributed by atoms with E-state index in [0.29, 0.717) is 23.1 Å². The Bertz CT molecular complexity index is 331. The van der Waals surface area contributed by atoms with Crippen LogP contribution in [0.15, 0.2) is 12.1 Å². The number of ether oxygens (including phenoxy) is 2. The molecule has 0 unspecified atom stereocenters. The average Bonchev–Trinajstić information content (AvgIpc) is 2.26. The molecule has 0 fully saturated rings. The third-order valence-electron chi connectivity index (χ3n) is 1.97. The zero-order valence-electron chi connectivity index (χ0n) is 8.96. The van der Waals surface area contributed by atoms with Crippen molar-refractivity contribution < 1.29 is 14.3 Å². The van der Waals surface area contributed by atoms with Crippen molar-refractivity contribution in [1.82, 2.24) is 5.48 Å². The van der Waals surface area contributed by atoms with Gasteiger partial charge in [0.25, 0.3) is 0 Å². The lowest BCUT2D eigenvalue weighted by atomic mass is 10.2. The second-order valence-electron chi connectivity index (χ2n) is 2.80. The van der Waals surface area contributed by atoms with E-state index in [2.05, 4.69) is 5.48 Å². The third-order valence-corrected chi connectivity index (χ3v) is 2.33. The Hall–Kier alpha value is -0.970. The van der Waals surface area contributed by atoms with E-state index in [4.69, 9.17) is 25.9 Å². The van der Waals surface area contributed by atoms with E-state index in [1.165, 1.54) is 0 Å². The summed E-state index contributed by atoms with van der Waals surface area (Å²) in [5, 5.41) is 0.468. The summed E-state index contributed by atoms with van der Waals surface area (Å²) in [6.07, 6.45) is 0. The van der Waals surface area contributed by atoms with Crippen molar-refractivity contribution in [2.45, 2.75) is 6.54 Å². The predicted molar refractivity (Wildman–Crippen MR) is 58.4 cm³/mol. The van der Waals surface area contributed by atoms with Gasteiger partial charge in [0, 0.05) is 12.1 Å². The first-order chi connectivity index (χ1) is 7.24. The number of hydrogen-bond acceptors (Lipinski definition) is 4. The Kier molecular flexibility index (Phi) is 4.68. The van der Waals surface area contributed by atoms with Gasteiger partial charge in [0.05, 0.1) is 21.3 Å². The van der Waals surface area contributed by atoms with Gasteiger partial charge < -0.3 is 14.3 Å². The summed E-state index contributed by atoms with van der Waals surface area (Å²) in [6, 6.07) is 3.66. The summed E-state index contributed by atoms with van der Waals surface area (Å²) in [5.41, 5.74) is 3.63. The minimum Gasteiger partial charge on any atom is -0.495 e. The second kappa shape index (κ2) is 5.80.